The molecular formula is C21H24FN3O4. The van der Waals surface area contributed by atoms with Crippen molar-refractivity contribution < 1.29 is 18.8 Å². The second-order valence-corrected chi connectivity index (χ2v) is 7.13. The number of amides is 1. The van der Waals surface area contributed by atoms with Crippen LogP contribution in [0.2, 0.25) is 0 Å². The molecule has 154 valence electrons. The minimum absolute atomic E-state index is 0.0746. The van der Waals surface area contributed by atoms with Crippen molar-refractivity contribution in [1.82, 2.24) is 5.32 Å². The number of carbonyl (C=O) groups excluding carboxylic acids is 1. The van der Waals surface area contributed by atoms with Crippen molar-refractivity contribution >= 4 is 17.3 Å². The first-order valence-corrected chi connectivity index (χ1v) is 9.53. The third kappa shape index (κ3) is 4.64. The first-order chi connectivity index (χ1) is 13.9. The van der Waals surface area contributed by atoms with E-state index in [1.807, 2.05) is 11.8 Å². The summed E-state index contributed by atoms with van der Waals surface area (Å²) in [6.45, 7) is 2.94. The molecule has 1 saturated heterocycles. The maximum atomic E-state index is 13.9. The summed E-state index contributed by atoms with van der Waals surface area (Å²) in [7, 11) is 1.40. The van der Waals surface area contributed by atoms with Crippen LogP contribution in [-0.2, 0) is 4.79 Å². The Balaban J connectivity index is 1.59. The lowest BCUT2D eigenvalue weighted by molar-refractivity contribution is -0.384. The van der Waals surface area contributed by atoms with Crippen LogP contribution < -0.4 is 15.0 Å². The fourth-order valence-electron chi connectivity index (χ4n) is 3.64. The van der Waals surface area contributed by atoms with Crippen LogP contribution in [-0.4, -0.2) is 31.0 Å². The molecule has 0 bridgehead atoms. The molecule has 1 aliphatic rings. The number of nitro benzene ring substituents is 1. The number of nitro groups is 1. The van der Waals surface area contributed by atoms with Crippen molar-refractivity contribution in [3.05, 3.63) is 64.0 Å². The molecule has 1 N–H and O–H groups in total. The van der Waals surface area contributed by atoms with Crippen LogP contribution in [0.25, 0.3) is 0 Å². The smallest absolute Gasteiger partial charge is 0.292 e. The van der Waals surface area contributed by atoms with Gasteiger partial charge in [-0.2, -0.15) is 0 Å². The summed E-state index contributed by atoms with van der Waals surface area (Å²) in [5.74, 6) is -0.575. The molecule has 29 heavy (non-hydrogen) atoms. The molecule has 0 aromatic heterocycles. The number of benzene rings is 2. The number of nitrogens with one attached hydrogen (secondary N) is 1. The van der Waals surface area contributed by atoms with Crippen LogP contribution in [0.1, 0.15) is 31.4 Å². The van der Waals surface area contributed by atoms with Gasteiger partial charge in [-0.1, -0.05) is 18.2 Å². The maximum absolute atomic E-state index is 13.9. The Bertz CT molecular complexity index is 897. The molecule has 1 amide bonds. The van der Waals surface area contributed by atoms with E-state index in [9.17, 15) is 19.3 Å². The van der Waals surface area contributed by atoms with Crippen LogP contribution in [0, 0.1) is 21.8 Å². The van der Waals surface area contributed by atoms with Crippen molar-refractivity contribution in [1.29, 1.82) is 0 Å². The van der Waals surface area contributed by atoms with Gasteiger partial charge < -0.3 is 15.0 Å². The van der Waals surface area contributed by atoms with Gasteiger partial charge in [0.2, 0.25) is 5.91 Å². The van der Waals surface area contributed by atoms with Gasteiger partial charge >= 0.3 is 0 Å². The zero-order chi connectivity index (χ0) is 21.0. The molecule has 2 aromatic carbocycles. The molecule has 1 unspecified atom stereocenters. The summed E-state index contributed by atoms with van der Waals surface area (Å²) >= 11 is 0. The third-order valence-corrected chi connectivity index (χ3v) is 5.32. The van der Waals surface area contributed by atoms with Crippen LogP contribution in [0.3, 0.4) is 0 Å². The highest BCUT2D eigenvalue weighted by molar-refractivity contribution is 5.79. The van der Waals surface area contributed by atoms with Gasteiger partial charge in [0.1, 0.15) is 5.69 Å². The predicted molar refractivity (Wildman–Crippen MR) is 108 cm³/mol. The fraction of sp³-hybridized carbons (Fsp3) is 0.381. The van der Waals surface area contributed by atoms with E-state index in [4.69, 9.17) is 4.74 Å². The minimum atomic E-state index is -0.469. The molecule has 1 atom stereocenters. The van der Waals surface area contributed by atoms with E-state index in [1.165, 1.54) is 19.2 Å². The van der Waals surface area contributed by atoms with Crippen molar-refractivity contribution in [3.63, 3.8) is 0 Å². The summed E-state index contributed by atoms with van der Waals surface area (Å²) in [6, 6.07) is 10.9. The van der Waals surface area contributed by atoms with Crippen LogP contribution in [0.15, 0.2) is 42.5 Å². The van der Waals surface area contributed by atoms with Gasteiger partial charge in [0, 0.05) is 25.1 Å². The molecule has 1 fully saturated rings. The monoisotopic (exact) mass is 401 g/mol. The summed E-state index contributed by atoms with van der Waals surface area (Å²) in [5.41, 5.74) is 1.32. The van der Waals surface area contributed by atoms with Gasteiger partial charge in [0.25, 0.3) is 5.69 Å². The number of carbonyl (C=O) groups is 1. The van der Waals surface area contributed by atoms with E-state index in [2.05, 4.69) is 5.32 Å². The van der Waals surface area contributed by atoms with Gasteiger partial charge in [0.05, 0.1) is 18.1 Å². The van der Waals surface area contributed by atoms with Gasteiger partial charge in [0.15, 0.2) is 11.6 Å². The van der Waals surface area contributed by atoms with E-state index in [0.29, 0.717) is 37.2 Å². The SMILES string of the molecule is COc1ccc(C(C)NC(=O)C2CCN(c3ccccc3[N+](=O)[O-])CC2)cc1F. The quantitative estimate of drug-likeness (QED) is 0.587. The first-order valence-electron chi connectivity index (χ1n) is 9.53. The largest absolute Gasteiger partial charge is 0.494 e. The van der Waals surface area contributed by atoms with Crippen molar-refractivity contribution in [3.8, 4) is 5.75 Å². The van der Waals surface area contributed by atoms with Crippen molar-refractivity contribution in [2.75, 3.05) is 25.1 Å². The fourth-order valence-corrected chi connectivity index (χ4v) is 3.64. The number of hydrogen-bond acceptors (Lipinski definition) is 5. The van der Waals surface area contributed by atoms with E-state index >= 15 is 0 Å². The molecule has 0 aliphatic carbocycles. The van der Waals surface area contributed by atoms with Crippen molar-refractivity contribution in [2.45, 2.75) is 25.8 Å². The number of ether oxygens (including phenoxy) is 1. The molecule has 0 saturated carbocycles. The second kappa shape index (κ2) is 8.89. The summed E-state index contributed by atoms with van der Waals surface area (Å²) in [6.07, 6.45) is 1.20. The molecule has 0 radical (unpaired) electrons. The number of nitrogens with zero attached hydrogens (tertiary/aromatic N) is 2. The topological polar surface area (TPSA) is 84.7 Å². The number of methoxy groups -OCH3 is 1. The van der Waals surface area contributed by atoms with Gasteiger partial charge in [-0.05, 0) is 43.5 Å². The highest BCUT2D eigenvalue weighted by atomic mass is 19.1. The van der Waals surface area contributed by atoms with E-state index in [0.717, 1.165) is 0 Å². The van der Waals surface area contributed by atoms with E-state index in [1.54, 1.807) is 30.3 Å². The lowest BCUT2D eigenvalue weighted by Gasteiger charge is -2.33. The van der Waals surface area contributed by atoms with Crippen LogP contribution >= 0.6 is 0 Å². The summed E-state index contributed by atoms with van der Waals surface area (Å²) in [4.78, 5) is 25.5. The zero-order valence-corrected chi connectivity index (χ0v) is 16.4. The molecule has 1 heterocycles. The second-order valence-electron chi connectivity index (χ2n) is 7.13. The Morgan fingerprint density at radius 1 is 1.28 bits per heavy atom. The number of rotatable bonds is 6. The Morgan fingerprint density at radius 3 is 2.59 bits per heavy atom. The maximum Gasteiger partial charge on any atom is 0.292 e. The molecule has 1 aliphatic heterocycles. The molecule has 0 spiro atoms. The van der Waals surface area contributed by atoms with Gasteiger partial charge in [-0.3, -0.25) is 14.9 Å². The number of piperidine rings is 1. The number of anilines is 1. The van der Waals surface area contributed by atoms with E-state index in [-0.39, 0.29) is 34.2 Å². The highest BCUT2D eigenvalue weighted by Gasteiger charge is 2.28. The highest BCUT2D eigenvalue weighted by Crippen LogP contribution is 2.31. The number of para-hydroxylation sites is 2. The van der Waals surface area contributed by atoms with Crippen LogP contribution in [0.4, 0.5) is 15.8 Å². The van der Waals surface area contributed by atoms with Gasteiger partial charge in [-0.25, -0.2) is 4.39 Å². The Hall–Kier alpha value is -3.16. The first kappa shape index (κ1) is 20.6. The number of hydrogen-bond donors (Lipinski definition) is 1. The Labute approximate surface area is 168 Å². The van der Waals surface area contributed by atoms with Crippen molar-refractivity contribution in [2.24, 2.45) is 5.92 Å². The Morgan fingerprint density at radius 2 is 1.97 bits per heavy atom. The Kier molecular flexibility index (Phi) is 6.31. The average Bonchev–Trinajstić information content (AvgIpc) is 2.73. The van der Waals surface area contributed by atoms with Crippen LogP contribution in [0.5, 0.6) is 5.75 Å². The summed E-state index contributed by atoms with van der Waals surface area (Å²) < 4.78 is 18.8. The lowest BCUT2D eigenvalue weighted by atomic mass is 9.94. The lowest BCUT2D eigenvalue weighted by Crippen LogP contribution is -2.41. The van der Waals surface area contributed by atoms with Gasteiger partial charge in [-0.15, -0.1) is 0 Å². The normalized spacial score (nSPS) is 15.6. The average molecular weight is 401 g/mol. The molecular weight excluding hydrogens is 377 g/mol. The third-order valence-electron chi connectivity index (χ3n) is 5.32. The summed E-state index contributed by atoms with van der Waals surface area (Å²) in [5, 5.41) is 14.2. The predicted octanol–water partition coefficient (Wildman–Crippen LogP) is 3.84. The number of halogens is 1. The molecule has 2 aromatic rings. The standard InChI is InChI=1S/C21H24FN3O4/c1-14(16-7-8-20(29-2)17(22)13-16)23-21(26)15-9-11-24(12-10-15)18-5-3-4-6-19(18)25(27)28/h3-8,13-15H,9-12H2,1-2H3,(H,23,26). The minimum Gasteiger partial charge on any atom is -0.494 e. The molecule has 3 rings (SSSR count). The zero-order valence-electron chi connectivity index (χ0n) is 16.4. The molecule has 8 heteroatoms. The molecule has 7 nitrogen and oxygen atoms in total. The van der Waals surface area contributed by atoms with E-state index < -0.39 is 5.82 Å².